The summed E-state index contributed by atoms with van der Waals surface area (Å²) in [5.74, 6) is -0.935. The Labute approximate surface area is 90.3 Å². The Bertz CT molecular complexity index is 390. The molecule has 2 nitrogen and oxygen atoms in total. The molecule has 1 radical (unpaired) electrons. The lowest BCUT2D eigenvalue weighted by atomic mass is 9.92. The van der Waals surface area contributed by atoms with Crippen molar-refractivity contribution in [2.45, 2.75) is 26.7 Å². The van der Waals surface area contributed by atoms with Crippen molar-refractivity contribution in [2.75, 3.05) is 0 Å². The van der Waals surface area contributed by atoms with Gasteiger partial charge < -0.3 is 0 Å². The molecule has 0 aromatic heterocycles. The third-order valence-electron chi connectivity index (χ3n) is 2.28. The molecule has 0 atom stereocenters. The van der Waals surface area contributed by atoms with Gasteiger partial charge in [-0.3, -0.25) is 0 Å². The van der Waals surface area contributed by atoms with Gasteiger partial charge in [0.1, 0.15) is 0 Å². The van der Waals surface area contributed by atoms with Crippen LogP contribution in [0.3, 0.4) is 0 Å². The predicted octanol–water partition coefficient (Wildman–Crippen LogP) is 3.41. The number of benzene rings is 1. The van der Waals surface area contributed by atoms with Crippen LogP contribution in [-0.4, -0.2) is 5.97 Å². The van der Waals surface area contributed by atoms with Gasteiger partial charge in [-0.15, -0.1) is 0 Å². The normalized spacial score (nSPS) is 11.2. The van der Waals surface area contributed by atoms with Gasteiger partial charge in [-0.25, -0.2) is 9.90 Å². The molecule has 1 aromatic rings. The second-order valence-electron chi connectivity index (χ2n) is 3.75. The van der Waals surface area contributed by atoms with Crippen LogP contribution in [0.2, 0.25) is 0 Å². The first-order valence-corrected chi connectivity index (χ1v) is 5.04. The van der Waals surface area contributed by atoms with E-state index in [1.807, 2.05) is 39.0 Å². The summed E-state index contributed by atoms with van der Waals surface area (Å²) in [6.45, 7) is 5.87. The fraction of sp³-hybridized carbons (Fsp3) is 0.308. The van der Waals surface area contributed by atoms with E-state index >= 15 is 0 Å². The van der Waals surface area contributed by atoms with Gasteiger partial charge in [0.15, 0.2) is 0 Å². The van der Waals surface area contributed by atoms with Gasteiger partial charge in [0.25, 0.3) is 0 Å². The molecule has 0 saturated heterocycles. The Balaban J connectivity index is 3.41. The Morgan fingerprint density at radius 2 is 2.00 bits per heavy atom. The highest BCUT2D eigenvalue weighted by molar-refractivity contribution is 5.90. The number of rotatable bonds is 3. The van der Waals surface area contributed by atoms with E-state index in [0.29, 0.717) is 5.56 Å². The van der Waals surface area contributed by atoms with Crippen LogP contribution in [0.25, 0.3) is 6.08 Å². The Morgan fingerprint density at radius 3 is 2.47 bits per heavy atom. The van der Waals surface area contributed by atoms with Crippen LogP contribution >= 0.6 is 0 Å². The minimum atomic E-state index is -1.11. The molecule has 1 aromatic carbocycles. The summed E-state index contributed by atoms with van der Waals surface area (Å²) in [5.41, 5.74) is 2.09. The first kappa shape index (κ1) is 11.5. The molecule has 15 heavy (non-hydrogen) atoms. The summed E-state index contributed by atoms with van der Waals surface area (Å²) >= 11 is 0. The minimum absolute atomic E-state index is 0.172. The average molecular weight is 203 g/mol. The molecule has 0 heterocycles. The van der Waals surface area contributed by atoms with Crippen LogP contribution in [0.5, 0.6) is 0 Å². The molecule has 0 aliphatic rings. The molecule has 1 rings (SSSR count). The smallest absolute Gasteiger partial charge is 0.241 e. The van der Waals surface area contributed by atoms with E-state index in [-0.39, 0.29) is 5.92 Å². The van der Waals surface area contributed by atoms with Crippen LogP contribution in [-0.2, 0) is 5.11 Å². The van der Waals surface area contributed by atoms with Gasteiger partial charge in [0, 0.05) is 0 Å². The number of hydrogen-bond donors (Lipinski definition) is 0. The number of carbonyl (C=O) groups is 1. The van der Waals surface area contributed by atoms with Gasteiger partial charge in [-0.05, 0) is 30.0 Å². The number of allylic oxidation sites excluding steroid dienone is 1. The molecule has 0 spiro atoms. The Hall–Kier alpha value is -1.57. The molecular weight excluding hydrogens is 188 g/mol. The summed E-state index contributed by atoms with van der Waals surface area (Å²) in [6.07, 6.45) is 3.82. The van der Waals surface area contributed by atoms with E-state index in [0.717, 1.165) is 11.1 Å². The van der Waals surface area contributed by atoms with E-state index in [1.165, 1.54) is 0 Å². The molecule has 0 unspecified atom stereocenters. The SMILES string of the molecule is C/C=C/c1cccc(C([O])=O)c1C(C)C. The second-order valence-corrected chi connectivity index (χ2v) is 3.75. The predicted molar refractivity (Wildman–Crippen MR) is 60.3 cm³/mol. The zero-order valence-corrected chi connectivity index (χ0v) is 9.28. The molecule has 0 saturated carbocycles. The maximum Gasteiger partial charge on any atom is 0.386 e. The van der Waals surface area contributed by atoms with Crippen LogP contribution < -0.4 is 0 Å². The van der Waals surface area contributed by atoms with Gasteiger partial charge in [-0.1, -0.05) is 38.1 Å². The minimum Gasteiger partial charge on any atom is -0.241 e. The summed E-state index contributed by atoms with van der Waals surface area (Å²) in [6, 6.07) is 5.26. The van der Waals surface area contributed by atoms with Crippen molar-refractivity contribution in [2.24, 2.45) is 0 Å². The van der Waals surface area contributed by atoms with Crippen molar-refractivity contribution in [1.29, 1.82) is 0 Å². The van der Waals surface area contributed by atoms with Crippen LogP contribution in [0.15, 0.2) is 24.3 Å². The zero-order valence-electron chi connectivity index (χ0n) is 9.28. The van der Waals surface area contributed by atoms with Crippen LogP contribution in [0.1, 0.15) is 48.2 Å². The lowest BCUT2D eigenvalue weighted by Gasteiger charge is -2.12. The summed E-state index contributed by atoms with van der Waals surface area (Å²) in [5, 5.41) is 10.9. The van der Waals surface area contributed by atoms with Crippen LogP contribution in [0.4, 0.5) is 0 Å². The van der Waals surface area contributed by atoms with Crippen molar-refractivity contribution in [3.8, 4) is 0 Å². The standard InChI is InChI=1S/C13H15O2/c1-4-6-10-7-5-8-11(13(14)15)12(10)9(2)3/h4-9H,1-3H3/b6-4+. The topological polar surface area (TPSA) is 37.0 Å². The highest BCUT2D eigenvalue weighted by Crippen LogP contribution is 2.25. The van der Waals surface area contributed by atoms with Crippen molar-refractivity contribution < 1.29 is 9.90 Å². The van der Waals surface area contributed by atoms with Crippen molar-refractivity contribution >= 4 is 12.0 Å². The molecule has 0 aliphatic carbocycles. The number of carbonyl (C=O) groups excluding carboxylic acids is 1. The lowest BCUT2D eigenvalue weighted by molar-refractivity contribution is 0.0571. The molecule has 0 bridgehead atoms. The maximum atomic E-state index is 10.9. The summed E-state index contributed by atoms with van der Waals surface area (Å²) < 4.78 is 0. The molecular formula is C13H15O2. The summed E-state index contributed by atoms with van der Waals surface area (Å²) in [4.78, 5) is 10.9. The van der Waals surface area contributed by atoms with E-state index in [4.69, 9.17) is 0 Å². The second kappa shape index (κ2) is 4.78. The average Bonchev–Trinajstić information content (AvgIpc) is 2.17. The van der Waals surface area contributed by atoms with Crippen molar-refractivity contribution in [3.05, 3.63) is 41.0 Å². The first-order chi connectivity index (χ1) is 7.07. The Kier molecular flexibility index (Phi) is 3.67. The quantitative estimate of drug-likeness (QED) is 0.741. The highest BCUT2D eigenvalue weighted by atomic mass is 16.4. The largest absolute Gasteiger partial charge is 0.386 e. The zero-order chi connectivity index (χ0) is 11.4. The molecule has 0 fully saturated rings. The first-order valence-electron chi connectivity index (χ1n) is 5.04. The molecule has 2 heteroatoms. The maximum absolute atomic E-state index is 10.9. The monoisotopic (exact) mass is 203 g/mol. The number of hydrogen-bond acceptors (Lipinski definition) is 1. The van der Waals surface area contributed by atoms with E-state index in [1.54, 1.807) is 12.1 Å². The molecule has 0 amide bonds. The van der Waals surface area contributed by atoms with Gasteiger partial charge in [0.2, 0.25) is 0 Å². The highest BCUT2D eigenvalue weighted by Gasteiger charge is 2.16. The fourth-order valence-corrected chi connectivity index (χ4v) is 1.73. The molecule has 0 N–H and O–H groups in total. The summed E-state index contributed by atoms with van der Waals surface area (Å²) in [7, 11) is 0. The molecule has 79 valence electrons. The lowest BCUT2D eigenvalue weighted by Crippen LogP contribution is -2.04. The fourth-order valence-electron chi connectivity index (χ4n) is 1.73. The van der Waals surface area contributed by atoms with Gasteiger partial charge >= 0.3 is 5.97 Å². The molecule has 0 aliphatic heterocycles. The van der Waals surface area contributed by atoms with Gasteiger partial charge in [-0.2, -0.15) is 0 Å². The third kappa shape index (κ3) is 2.46. The van der Waals surface area contributed by atoms with Crippen molar-refractivity contribution in [3.63, 3.8) is 0 Å². The van der Waals surface area contributed by atoms with Gasteiger partial charge in [0.05, 0.1) is 5.56 Å². The Morgan fingerprint density at radius 1 is 1.33 bits per heavy atom. The van der Waals surface area contributed by atoms with E-state index in [9.17, 15) is 9.90 Å². The third-order valence-corrected chi connectivity index (χ3v) is 2.28. The van der Waals surface area contributed by atoms with Crippen molar-refractivity contribution in [1.82, 2.24) is 0 Å². The van der Waals surface area contributed by atoms with E-state index in [2.05, 4.69) is 0 Å². The van der Waals surface area contributed by atoms with Crippen LogP contribution in [0, 0.1) is 0 Å². The van der Waals surface area contributed by atoms with E-state index < -0.39 is 5.97 Å².